The molecule has 0 unspecified atom stereocenters. The first-order valence-corrected chi connectivity index (χ1v) is 9.82. The maximum absolute atomic E-state index is 12.6. The lowest BCUT2D eigenvalue weighted by atomic mass is 10.1. The van der Waals surface area contributed by atoms with E-state index in [9.17, 15) is 9.59 Å². The van der Waals surface area contributed by atoms with Crippen molar-refractivity contribution in [2.24, 2.45) is 0 Å². The second-order valence-electron chi connectivity index (χ2n) is 7.21. The van der Waals surface area contributed by atoms with Crippen LogP contribution in [0.1, 0.15) is 34.5 Å². The number of carbonyl (C=O) groups excluding carboxylic acids is 1. The maximum atomic E-state index is 12.6. The molecule has 0 aliphatic carbocycles. The highest BCUT2D eigenvalue weighted by Crippen LogP contribution is 2.17. The van der Waals surface area contributed by atoms with Crippen LogP contribution in [0.5, 0.6) is 0 Å². The number of nitrogens with zero attached hydrogens (tertiary/aromatic N) is 2. The van der Waals surface area contributed by atoms with E-state index in [-0.39, 0.29) is 17.6 Å². The third kappa shape index (κ3) is 4.30. The van der Waals surface area contributed by atoms with Crippen molar-refractivity contribution >= 4 is 17.2 Å². The standard InChI is InChI=1S/C22H24N4O3/c1-15-6-4-10-26-20(27)12-16(25-21(15)26)13-23-19-9-3-2-8-18(19)22(28)24-14-17-7-5-11-29-17/h2-4,6,8-10,12,17,23H,5,7,11,13-14H2,1H3,(H,24,28)/t17-/m1/s1. The Morgan fingerprint density at radius 1 is 1.28 bits per heavy atom. The summed E-state index contributed by atoms with van der Waals surface area (Å²) in [5.74, 6) is -0.147. The quantitative estimate of drug-likeness (QED) is 0.673. The molecule has 1 aromatic carbocycles. The lowest BCUT2D eigenvalue weighted by Crippen LogP contribution is -2.32. The molecule has 0 saturated carbocycles. The number of para-hydroxylation sites is 1. The Bertz CT molecular complexity index is 1090. The molecule has 2 aromatic heterocycles. The molecule has 1 fully saturated rings. The number of hydrogen-bond acceptors (Lipinski definition) is 5. The van der Waals surface area contributed by atoms with Crippen LogP contribution in [-0.2, 0) is 11.3 Å². The molecule has 0 radical (unpaired) electrons. The summed E-state index contributed by atoms with van der Waals surface area (Å²) in [5.41, 5.74) is 3.32. The predicted octanol–water partition coefficient (Wildman–Crippen LogP) is 2.52. The molecule has 2 N–H and O–H groups in total. The molecular weight excluding hydrogens is 368 g/mol. The number of amides is 1. The summed E-state index contributed by atoms with van der Waals surface area (Å²) in [5, 5.41) is 6.19. The minimum Gasteiger partial charge on any atom is -0.379 e. The highest BCUT2D eigenvalue weighted by atomic mass is 16.5. The van der Waals surface area contributed by atoms with Crippen LogP contribution in [0.4, 0.5) is 5.69 Å². The number of hydrogen-bond donors (Lipinski definition) is 2. The van der Waals surface area contributed by atoms with E-state index in [2.05, 4.69) is 15.6 Å². The summed E-state index contributed by atoms with van der Waals surface area (Å²) in [7, 11) is 0. The van der Waals surface area contributed by atoms with Crippen LogP contribution < -0.4 is 16.2 Å². The number of nitrogens with one attached hydrogen (secondary N) is 2. The maximum Gasteiger partial charge on any atom is 0.258 e. The van der Waals surface area contributed by atoms with E-state index in [1.807, 2.05) is 37.3 Å². The number of aryl methyl sites for hydroxylation is 1. The van der Waals surface area contributed by atoms with E-state index in [1.165, 1.54) is 10.5 Å². The summed E-state index contributed by atoms with van der Waals surface area (Å²) >= 11 is 0. The zero-order valence-electron chi connectivity index (χ0n) is 16.4. The average Bonchev–Trinajstić information content (AvgIpc) is 3.25. The van der Waals surface area contributed by atoms with Crippen LogP contribution in [0, 0.1) is 6.92 Å². The van der Waals surface area contributed by atoms with E-state index in [0.717, 1.165) is 25.0 Å². The second-order valence-corrected chi connectivity index (χ2v) is 7.21. The minimum absolute atomic E-state index is 0.0945. The van der Waals surface area contributed by atoms with E-state index in [1.54, 1.807) is 12.3 Å². The van der Waals surface area contributed by atoms with Crippen LogP contribution in [0.2, 0.25) is 0 Å². The number of pyridine rings is 1. The number of rotatable bonds is 6. The van der Waals surface area contributed by atoms with Crippen LogP contribution in [0.3, 0.4) is 0 Å². The lowest BCUT2D eigenvalue weighted by Gasteiger charge is -2.14. The molecule has 3 aromatic rings. The van der Waals surface area contributed by atoms with E-state index < -0.39 is 0 Å². The Morgan fingerprint density at radius 3 is 2.97 bits per heavy atom. The van der Waals surface area contributed by atoms with Gasteiger partial charge < -0.3 is 15.4 Å². The highest BCUT2D eigenvalue weighted by molar-refractivity contribution is 5.99. The third-order valence-electron chi connectivity index (χ3n) is 5.09. The molecule has 7 heteroatoms. The molecule has 29 heavy (non-hydrogen) atoms. The minimum atomic E-state index is -0.147. The summed E-state index contributed by atoms with van der Waals surface area (Å²) in [4.78, 5) is 29.6. The number of benzene rings is 1. The van der Waals surface area contributed by atoms with Crippen molar-refractivity contribution in [3.63, 3.8) is 0 Å². The summed E-state index contributed by atoms with van der Waals surface area (Å²) in [6.07, 6.45) is 3.82. The van der Waals surface area contributed by atoms with E-state index in [4.69, 9.17) is 4.74 Å². The summed E-state index contributed by atoms with van der Waals surface area (Å²) in [6, 6.07) is 12.6. The van der Waals surface area contributed by atoms with Crippen molar-refractivity contribution in [3.05, 3.63) is 75.8 Å². The SMILES string of the molecule is Cc1cccn2c(=O)cc(CNc3ccccc3C(=O)NC[C@H]3CCCO3)nc12. The molecule has 3 heterocycles. The zero-order valence-corrected chi connectivity index (χ0v) is 16.4. The van der Waals surface area contributed by atoms with Gasteiger partial charge >= 0.3 is 0 Å². The first-order valence-electron chi connectivity index (χ1n) is 9.82. The molecule has 1 aliphatic heterocycles. The van der Waals surface area contributed by atoms with Crippen molar-refractivity contribution in [2.75, 3.05) is 18.5 Å². The number of anilines is 1. The third-order valence-corrected chi connectivity index (χ3v) is 5.09. The summed E-state index contributed by atoms with van der Waals surface area (Å²) in [6.45, 7) is 3.54. The molecule has 1 amide bonds. The molecule has 1 atom stereocenters. The Kier molecular flexibility index (Phi) is 5.57. The largest absolute Gasteiger partial charge is 0.379 e. The number of fused-ring (bicyclic) bond motifs is 1. The van der Waals surface area contributed by atoms with Gasteiger partial charge in [0.05, 0.1) is 23.9 Å². The first-order chi connectivity index (χ1) is 14.1. The Balaban J connectivity index is 1.49. The fourth-order valence-electron chi connectivity index (χ4n) is 3.53. The number of aromatic nitrogens is 2. The topological polar surface area (TPSA) is 84.7 Å². The van der Waals surface area contributed by atoms with Crippen molar-refractivity contribution in [1.29, 1.82) is 0 Å². The smallest absolute Gasteiger partial charge is 0.258 e. The fourth-order valence-corrected chi connectivity index (χ4v) is 3.53. The van der Waals surface area contributed by atoms with Crippen LogP contribution in [0.15, 0.2) is 53.5 Å². The fraction of sp³-hybridized carbons (Fsp3) is 0.318. The molecule has 1 aliphatic rings. The van der Waals surface area contributed by atoms with Crippen molar-refractivity contribution in [3.8, 4) is 0 Å². The molecule has 4 rings (SSSR count). The molecular formula is C22H24N4O3. The Morgan fingerprint density at radius 2 is 2.14 bits per heavy atom. The van der Waals surface area contributed by atoms with Crippen molar-refractivity contribution in [2.45, 2.75) is 32.4 Å². The zero-order chi connectivity index (χ0) is 20.2. The van der Waals surface area contributed by atoms with Gasteiger partial charge in [0, 0.05) is 31.1 Å². The van der Waals surface area contributed by atoms with Crippen molar-refractivity contribution < 1.29 is 9.53 Å². The van der Waals surface area contributed by atoms with Gasteiger partial charge in [-0.15, -0.1) is 0 Å². The molecule has 150 valence electrons. The van der Waals surface area contributed by atoms with Gasteiger partial charge in [0.15, 0.2) is 0 Å². The van der Waals surface area contributed by atoms with Gasteiger partial charge in [-0.25, -0.2) is 4.98 Å². The molecule has 1 saturated heterocycles. The van der Waals surface area contributed by atoms with Gasteiger partial charge in [-0.2, -0.15) is 0 Å². The van der Waals surface area contributed by atoms with Gasteiger partial charge in [0.2, 0.25) is 0 Å². The van der Waals surface area contributed by atoms with Crippen LogP contribution in [-0.4, -0.2) is 34.5 Å². The van der Waals surface area contributed by atoms with Gasteiger partial charge in [-0.1, -0.05) is 18.2 Å². The summed E-state index contributed by atoms with van der Waals surface area (Å²) < 4.78 is 7.09. The first kappa shape index (κ1) is 19.1. The normalized spacial score (nSPS) is 16.1. The Labute approximate surface area is 168 Å². The van der Waals surface area contributed by atoms with Crippen molar-refractivity contribution in [1.82, 2.24) is 14.7 Å². The average molecular weight is 392 g/mol. The van der Waals surface area contributed by atoms with Crippen LogP contribution >= 0.6 is 0 Å². The van der Waals surface area contributed by atoms with Gasteiger partial charge in [0.25, 0.3) is 11.5 Å². The second kappa shape index (κ2) is 8.45. The van der Waals surface area contributed by atoms with Gasteiger partial charge in [-0.3, -0.25) is 14.0 Å². The Hall–Kier alpha value is -3.19. The monoisotopic (exact) mass is 392 g/mol. The van der Waals surface area contributed by atoms with E-state index in [0.29, 0.717) is 35.7 Å². The molecule has 0 bridgehead atoms. The van der Waals surface area contributed by atoms with Gasteiger partial charge in [-0.05, 0) is 43.5 Å². The van der Waals surface area contributed by atoms with E-state index >= 15 is 0 Å². The molecule has 0 spiro atoms. The highest BCUT2D eigenvalue weighted by Gasteiger charge is 2.18. The predicted molar refractivity (Wildman–Crippen MR) is 111 cm³/mol. The lowest BCUT2D eigenvalue weighted by molar-refractivity contribution is 0.0858. The number of ether oxygens (including phenoxy) is 1. The number of carbonyl (C=O) groups is 1. The molecule has 7 nitrogen and oxygen atoms in total. The van der Waals surface area contributed by atoms with Gasteiger partial charge in [0.1, 0.15) is 5.65 Å². The van der Waals surface area contributed by atoms with Crippen LogP contribution in [0.25, 0.3) is 5.65 Å².